The van der Waals surface area contributed by atoms with Gasteiger partial charge in [-0.2, -0.15) is 0 Å². The number of rotatable bonds is 11. The number of halogens is 5. The summed E-state index contributed by atoms with van der Waals surface area (Å²) in [5.41, 5.74) is 16.2. The Morgan fingerprint density at radius 1 is 0.239 bits per heavy atom. The van der Waals surface area contributed by atoms with Crippen molar-refractivity contribution in [1.29, 1.82) is 0 Å². The molecule has 10 aromatic carbocycles. The minimum Gasteiger partial charge on any atom is -0.307 e. The van der Waals surface area contributed by atoms with Gasteiger partial charge in [-0.15, -0.1) is 0 Å². The normalized spacial score (nSPS) is 11.6. The molecule has 0 unspecified atom stereocenters. The van der Waals surface area contributed by atoms with Crippen LogP contribution < -0.4 is 0 Å². The molecule has 11 heteroatoms. The third-order valence-electron chi connectivity index (χ3n) is 17.3. The molecule has 6 heterocycles. The molecule has 0 aliphatic heterocycles. The average Bonchev–Trinajstić information content (AvgIpc) is 1.53. The number of fused-ring (bicyclic) bond motifs is 6. The van der Waals surface area contributed by atoms with E-state index in [0.717, 1.165) is 123 Å². The molecule has 0 aliphatic carbocycles. The molecule has 0 N–H and O–H groups in total. The van der Waals surface area contributed by atoms with Crippen LogP contribution in [0.4, 0.5) is 22.0 Å². The molecule has 0 radical (unpaired) electrons. The fourth-order valence-electron chi connectivity index (χ4n) is 12.8. The third-order valence-corrected chi connectivity index (χ3v) is 17.3. The zero-order valence-corrected chi connectivity index (χ0v) is 49.1. The van der Waals surface area contributed by atoms with Crippen molar-refractivity contribution in [3.05, 3.63) is 314 Å². The van der Waals surface area contributed by atoms with Crippen molar-refractivity contribution in [1.82, 2.24) is 29.1 Å². The van der Waals surface area contributed by atoms with Crippen molar-refractivity contribution < 1.29 is 22.0 Å². The molecule has 6 aromatic heterocycles. The van der Waals surface area contributed by atoms with E-state index in [4.69, 9.17) is 19.9 Å². The van der Waals surface area contributed by atoms with Crippen molar-refractivity contribution >= 4 is 43.6 Å². The van der Waals surface area contributed by atoms with Crippen LogP contribution in [0, 0.1) is 36.0 Å². The van der Waals surface area contributed by atoms with Crippen LogP contribution in [0.25, 0.3) is 156 Å². The van der Waals surface area contributed by atoms with Gasteiger partial charge in [-0.25, -0.2) is 41.9 Å². The monoisotopic (exact) mass is 1200 g/mol. The van der Waals surface area contributed by atoms with Crippen LogP contribution in [0.3, 0.4) is 0 Å². The molecule has 16 aromatic rings. The van der Waals surface area contributed by atoms with Crippen molar-refractivity contribution in [3.8, 4) is 113 Å². The smallest absolute Gasteiger partial charge is 0.200 e. The maximum atomic E-state index is 16.6. The molecule has 0 atom stereocenters. The van der Waals surface area contributed by atoms with Gasteiger partial charge in [-0.05, 0) is 127 Å². The van der Waals surface area contributed by atoms with Gasteiger partial charge in [0.15, 0.2) is 23.3 Å². The second-order valence-corrected chi connectivity index (χ2v) is 22.8. The summed E-state index contributed by atoms with van der Waals surface area (Å²) < 4.78 is 83.5. The van der Waals surface area contributed by atoms with Crippen molar-refractivity contribution in [2.24, 2.45) is 0 Å². The lowest BCUT2D eigenvalue weighted by molar-refractivity contribution is 0.381. The summed E-state index contributed by atoms with van der Waals surface area (Å²) in [5.74, 6) is -10.2. The summed E-state index contributed by atoms with van der Waals surface area (Å²) in [6.07, 6.45) is 0. The van der Waals surface area contributed by atoms with E-state index in [0.29, 0.717) is 22.4 Å². The summed E-state index contributed by atoms with van der Waals surface area (Å²) in [6, 6.07) is 91.6. The predicted octanol–water partition coefficient (Wildman–Crippen LogP) is 21.5. The van der Waals surface area contributed by atoms with Gasteiger partial charge in [0.05, 0.1) is 84.6 Å². The van der Waals surface area contributed by atoms with Gasteiger partial charge in [0.2, 0.25) is 5.82 Å². The molecule has 0 aliphatic rings. The highest BCUT2D eigenvalue weighted by Gasteiger charge is 2.30. The predicted molar refractivity (Wildman–Crippen MR) is 360 cm³/mol. The van der Waals surface area contributed by atoms with Crippen molar-refractivity contribution in [2.75, 3.05) is 0 Å². The SMILES string of the molecule is Cc1cc(-n2c3ccc(-c4cccc(-c5ccccc5)n4)cc3c3cc(-c4cccc(-c5ccccc5)n4)ccc32)c(-n2c3ccc(-c4cccc(-c5ccccc5)n4)cc3c3cc(-c4cccc(-c5ccccc5)n4)ccc32)cc1-c1c(F)c(F)c(F)c(F)c1F. The Morgan fingerprint density at radius 3 is 0.772 bits per heavy atom. The molecule has 16 rings (SSSR count). The topological polar surface area (TPSA) is 61.4 Å². The molecular formula is C81H49F5N6. The van der Waals surface area contributed by atoms with Gasteiger partial charge in [0, 0.05) is 66.1 Å². The highest BCUT2D eigenvalue weighted by Crippen LogP contribution is 2.45. The third kappa shape index (κ3) is 9.57. The minimum absolute atomic E-state index is 0.192. The molecule has 0 saturated heterocycles. The molecule has 0 spiro atoms. The number of nitrogens with zero attached hydrogens (tertiary/aromatic N) is 6. The molecule has 92 heavy (non-hydrogen) atoms. The molecule has 0 fully saturated rings. The minimum atomic E-state index is -2.24. The summed E-state index contributed by atoms with van der Waals surface area (Å²) in [5, 5.41) is 3.29. The summed E-state index contributed by atoms with van der Waals surface area (Å²) in [7, 11) is 0. The van der Waals surface area contributed by atoms with Crippen LogP contribution in [-0.2, 0) is 0 Å². The van der Waals surface area contributed by atoms with E-state index in [2.05, 4.69) is 28.8 Å². The first kappa shape index (κ1) is 55.4. The highest BCUT2D eigenvalue weighted by molar-refractivity contribution is 6.14. The second-order valence-electron chi connectivity index (χ2n) is 22.8. The lowest BCUT2D eigenvalue weighted by Crippen LogP contribution is -2.08. The maximum Gasteiger partial charge on any atom is 0.200 e. The Morgan fingerprint density at radius 2 is 0.489 bits per heavy atom. The fraction of sp³-hybridized carbons (Fsp3) is 0.0123. The van der Waals surface area contributed by atoms with Crippen LogP contribution in [0.2, 0.25) is 0 Å². The first-order valence-corrected chi connectivity index (χ1v) is 30.1. The molecule has 438 valence electrons. The molecule has 0 amide bonds. The summed E-state index contributed by atoms with van der Waals surface area (Å²) in [4.78, 5) is 20.7. The Labute approximate surface area is 525 Å². The Bertz CT molecular complexity index is 5280. The van der Waals surface area contributed by atoms with Crippen LogP contribution in [0.1, 0.15) is 5.56 Å². The molecular weight excluding hydrogens is 1150 g/mol. The fourth-order valence-corrected chi connectivity index (χ4v) is 12.8. The van der Waals surface area contributed by atoms with Crippen LogP contribution in [0.5, 0.6) is 0 Å². The largest absolute Gasteiger partial charge is 0.307 e. The van der Waals surface area contributed by atoms with E-state index >= 15 is 17.6 Å². The first-order valence-electron chi connectivity index (χ1n) is 30.1. The van der Waals surface area contributed by atoms with Gasteiger partial charge in [0.1, 0.15) is 0 Å². The number of hydrogen-bond acceptors (Lipinski definition) is 4. The Balaban J connectivity index is 0.981. The quantitative estimate of drug-likeness (QED) is 0.0735. The summed E-state index contributed by atoms with van der Waals surface area (Å²) in [6.45, 7) is 1.62. The molecule has 6 nitrogen and oxygen atoms in total. The number of aryl methyl sites for hydroxylation is 1. The van der Waals surface area contributed by atoms with Crippen molar-refractivity contribution in [3.63, 3.8) is 0 Å². The first-order chi connectivity index (χ1) is 45.1. The summed E-state index contributed by atoms with van der Waals surface area (Å²) >= 11 is 0. The number of benzene rings is 10. The van der Waals surface area contributed by atoms with E-state index in [-0.39, 0.29) is 11.1 Å². The van der Waals surface area contributed by atoms with Crippen LogP contribution in [0.15, 0.2) is 279 Å². The number of hydrogen-bond donors (Lipinski definition) is 0. The van der Waals surface area contributed by atoms with Gasteiger partial charge >= 0.3 is 0 Å². The lowest BCUT2D eigenvalue weighted by Gasteiger charge is -2.21. The zero-order valence-electron chi connectivity index (χ0n) is 49.1. The molecule has 0 bridgehead atoms. The van der Waals surface area contributed by atoms with Gasteiger partial charge < -0.3 is 9.13 Å². The maximum absolute atomic E-state index is 16.6. The highest BCUT2D eigenvalue weighted by atomic mass is 19.2. The second kappa shape index (κ2) is 22.6. The van der Waals surface area contributed by atoms with Gasteiger partial charge in [0.25, 0.3) is 0 Å². The van der Waals surface area contributed by atoms with Crippen LogP contribution >= 0.6 is 0 Å². The van der Waals surface area contributed by atoms with E-state index < -0.39 is 34.6 Å². The Kier molecular flexibility index (Phi) is 13.6. The van der Waals surface area contributed by atoms with E-state index in [1.54, 1.807) is 19.1 Å². The number of pyridine rings is 4. The average molecular weight is 1200 g/mol. The van der Waals surface area contributed by atoms with E-state index in [1.165, 1.54) is 0 Å². The Hall–Kier alpha value is -12.0. The van der Waals surface area contributed by atoms with Crippen molar-refractivity contribution in [2.45, 2.75) is 6.92 Å². The standard InChI is InChI=1S/C81H49F5N6/c1-48-42-74(91-70-38-34-53(66-30-14-26-62(87-66)49-18-6-2-7-19-49)43-58(70)59-44-54(35-39-71(59)91)67-31-15-27-63(88-67)50-20-8-3-9-21-50)75(47-57(48)76-77(82)79(84)81(86)80(85)78(76)83)92-72-40-36-55(68-32-16-28-64(89-68)51-22-10-4-11-23-51)45-60(72)61-46-56(37-41-73(61)92)69-33-17-29-65(90-69)52-24-12-5-13-25-52/h2-47H,1H3. The van der Waals surface area contributed by atoms with Gasteiger partial charge in [-0.1, -0.05) is 170 Å². The lowest BCUT2D eigenvalue weighted by atomic mass is 9.96. The van der Waals surface area contributed by atoms with Gasteiger partial charge in [-0.3, -0.25) is 0 Å². The molecule has 0 saturated carbocycles. The van der Waals surface area contributed by atoms with Crippen LogP contribution in [-0.4, -0.2) is 29.1 Å². The zero-order chi connectivity index (χ0) is 62.1. The number of aromatic nitrogens is 6. The van der Waals surface area contributed by atoms with E-state index in [9.17, 15) is 4.39 Å². The van der Waals surface area contributed by atoms with E-state index in [1.807, 2.05) is 247 Å².